The van der Waals surface area contributed by atoms with Crippen molar-refractivity contribution in [2.75, 3.05) is 6.54 Å². The summed E-state index contributed by atoms with van der Waals surface area (Å²) >= 11 is 0. The normalized spacial score (nSPS) is 14.8. The third-order valence-electron chi connectivity index (χ3n) is 1.91. The number of carboxylic acids is 1. The van der Waals surface area contributed by atoms with Crippen LogP contribution in [-0.2, 0) is 9.59 Å². The van der Waals surface area contributed by atoms with Gasteiger partial charge in [-0.2, -0.15) is 0 Å². The third kappa shape index (κ3) is 4.31. The summed E-state index contributed by atoms with van der Waals surface area (Å²) in [5.41, 5.74) is 15.8. The highest BCUT2D eigenvalue weighted by Crippen LogP contribution is 2.00. The second-order valence-corrected chi connectivity index (χ2v) is 3.11. The number of hydrogen-bond acceptors (Lipinski definition) is 5. The fraction of sp³-hybridized carbons (Fsp3) is 0.750. The Morgan fingerprint density at radius 2 is 1.79 bits per heavy atom. The van der Waals surface area contributed by atoms with Crippen molar-refractivity contribution in [2.45, 2.75) is 31.3 Å². The highest BCUT2D eigenvalue weighted by molar-refractivity contribution is 6.04. The van der Waals surface area contributed by atoms with Gasteiger partial charge in [-0.1, -0.05) is 6.42 Å². The van der Waals surface area contributed by atoms with Crippen molar-refractivity contribution in [2.24, 2.45) is 17.2 Å². The molecule has 0 rings (SSSR count). The van der Waals surface area contributed by atoms with Crippen molar-refractivity contribution < 1.29 is 14.7 Å². The molecule has 6 heteroatoms. The van der Waals surface area contributed by atoms with Gasteiger partial charge in [0, 0.05) is 0 Å². The van der Waals surface area contributed by atoms with Crippen LogP contribution in [0.5, 0.6) is 0 Å². The van der Waals surface area contributed by atoms with Crippen molar-refractivity contribution in [3.8, 4) is 0 Å². The van der Waals surface area contributed by atoms with Gasteiger partial charge in [-0.25, -0.2) is 0 Å². The Bertz CT molecular complexity index is 208. The number of hydrogen-bond donors (Lipinski definition) is 4. The molecule has 0 aromatic carbocycles. The van der Waals surface area contributed by atoms with E-state index in [0.717, 1.165) is 6.42 Å². The maximum atomic E-state index is 11.2. The summed E-state index contributed by atoms with van der Waals surface area (Å²) < 4.78 is 0. The highest BCUT2D eigenvalue weighted by atomic mass is 16.4. The molecule has 6 nitrogen and oxygen atoms in total. The van der Waals surface area contributed by atoms with E-state index in [0.29, 0.717) is 19.4 Å². The van der Waals surface area contributed by atoms with Crippen molar-refractivity contribution >= 4 is 11.8 Å². The number of carbonyl (C=O) groups excluding carboxylic acids is 1. The molecule has 0 amide bonds. The molecule has 2 atom stereocenters. The summed E-state index contributed by atoms with van der Waals surface area (Å²) in [4.78, 5) is 21.6. The summed E-state index contributed by atoms with van der Waals surface area (Å²) in [6.07, 6.45) is 1.90. The number of carboxylic acid groups (broad SMARTS) is 1. The van der Waals surface area contributed by atoms with Crippen LogP contribution in [0.2, 0.25) is 0 Å². The van der Waals surface area contributed by atoms with Gasteiger partial charge in [0.15, 0.2) is 11.8 Å². The maximum Gasteiger partial charge on any atom is 0.328 e. The first-order chi connectivity index (χ1) is 6.50. The molecule has 0 aromatic heterocycles. The van der Waals surface area contributed by atoms with Crippen LogP contribution >= 0.6 is 0 Å². The quantitative estimate of drug-likeness (QED) is 0.291. The lowest BCUT2D eigenvalue weighted by Gasteiger charge is -2.12. The van der Waals surface area contributed by atoms with E-state index in [1.807, 2.05) is 0 Å². The second kappa shape index (κ2) is 6.47. The van der Waals surface area contributed by atoms with Gasteiger partial charge >= 0.3 is 5.97 Å². The van der Waals surface area contributed by atoms with Gasteiger partial charge in [0.1, 0.15) is 0 Å². The molecule has 0 bridgehead atoms. The van der Waals surface area contributed by atoms with Gasteiger partial charge in [0.05, 0.1) is 6.04 Å². The number of aliphatic carboxylic acids is 1. The molecule has 0 aliphatic heterocycles. The molecule has 0 aliphatic carbocycles. The highest BCUT2D eigenvalue weighted by Gasteiger charge is 2.25. The summed E-state index contributed by atoms with van der Waals surface area (Å²) in [5, 5.41) is 8.45. The van der Waals surface area contributed by atoms with Crippen LogP contribution in [0.25, 0.3) is 0 Å². The minimum Gasteiger partial charge on any atom is -0.480 e. The van der Waals surface area contributed by atoms with E-state index in [4.69, 9.17) is 22.3 Å². The molecule has 0 aromatic rings. The Labute approximate surface area is 82.4 Å². The largest absolute Gasteiger partial charge is 0.480 e. The van der Waals surface area contributed by atoms with Crippen LogP contribution in [0.15, 0.2) is 0 Å². The predicted octanol–water partition coefficient (Wildman–Crippen LogP) is -1.58. The first-order valence-electron chi connectivity index (χ1n) is 4.48. The lowest BCUT2D eigenvalue weighted by Crippen LogP contribution is -2.47. The van der Waals surface area contributed by atoms with Crippen LogP contribution in [-0.4, -0.2) is 35.5 Å². The monoisotopic (exact) mass is 203 g/mol. The molecule has 7 N–H and O–H groups in total. The molecular formula is C8H17N3O3. The molecule has 0 fully saturated rings. The summed E-state index contributed by atoms with van der Waals surface area (Å²) in [6, 6.07) is -2.31. The number of rotatable bonds is 7. The number of unbranched alkanes of at least 4 members (excludes halogenated alkanes) is 1. The molecule has 0 saturated heterocycles. The first-order valence-corrected chi connectivity index (χ1v) is 4.48. The molecule has 0 heterocycles. The van der Waals surface area contributed by atoms with Gasteiger partial charge in [-0.05, 0) is 19.4 Å². The lowest BCUT2D eigenvalue weighted by atomic mass is 10.0. The van der Waals surface area contributed by atoms with Crippen LogP contribution in [0, 0.1) is 0 Å². The lowest BCUT2D eigenvalue weighted by molar-refractivity contribution is -0.142. The van der Waals surface area contributed by atoms with E-state index >= 15 is 0 Å². The molecule has 0 saturated carbocycles. The first kappa shape index (κ1) is 13.0. The van der Waals surface area contributed by atoms with Gasteiger partial charge in [0.25, 0.3) is 0 Å². The van der Waals surface area contributed by atoms with Gasteiger partial charge in [-0.15, -0.1) is 0 Å². The summed E-state index contributed by atoms with van der Waals surface area (Å²) in [7, 11) is 0. The standard InChI is InChI=1S/C8H17N3O3/c9-4-2-1-3-5(10)7(12)6(11)8(13)14/h5-6H,1-4,9-11H2,(H,13,14)/t5-,6?/m0/s1. The number of nitrogens with two attached hydrogens (primary N) is 3. The Morgan fingerprint density at radius 3 is 2.21 bits per heavy atom. The fourth-order valence-electron chi connectivity index (χ4n) is 1.00. The molecule has 1 unspecified atom stereocenters. The molecule has 0 spiro atoms. The maximum absolute atomic E-state index is 11.2. The minimum absolute atomic E-state index is 0.428. The van der Waals surface area contributed by atoms with E-state index < -0.39 is 23.8 Å². The number of Topliss-reactive ketones (excluding diaryl/α,β-unsaturated/α-hetero) is 1. The summed E-state index contributed by atoms with van der Waals surface area (Å²) in [5.74, 6) is -1.97. The van der Waals surface area contributed by atoms with Crippen LogP contribution in [0.1, 0.15) is 19.3 Å². The zero-order valence-corrected chi connectivity index (χ0v) is 7.98. The van der Waals surface area contributed by atoms with Crippen molar-refractivity contribution in [1.82, 2.24) is 0 Å². The zero-order chi connectivity index (χ0) is 11.1. The van der Waals surface area contributed by atoms with E-state index in [1.165, 1.54) is 0 Å². The molecule has 0 radical (unpaired) electrons. The number of ketones is 1. The minimum atomic E-state index is -1.51. The summed E-state index contributed by atoms with van der Waals surface area (Å²) in [6.45, 7) is 0.534. The Hall–Kier alpha value is -0.980. The third-order valence-corrected chi connectivity index (χ3v) is 1.91. The van der Waals surface area contributed by atoms with Gasteiger partial charge in [-0.3, -0.25) is 9.59 Å². The van der Waals surface area contributed by atoms with Crippen LogP contribution < -0.4 is 17.2 Å². The van der Waals surface area contributed by atoms with Gasteiger partial charge in [0.2, 0.25) is 0 Å². The van der Waals surface area contributed by atoms with Crippen molar-refractivity contribution in [3.05, 3.63) is 0 Å². The van der Waals surface area contributed by atoms with Crippen LogP contribution in [0.3, 0.4) is 0 Å². The Morgan fingerprint density at radius 1 is 1.21 bits per heavy atom. The predicted molar refractivity (Wildman–Crippen MR) is 51.5 cm³/mol. The smallest absolute Gasteiger partial charge is 0.328 e. The van der Waals surface area contributed by atoms with Crippen molar-refractivity contribution in [1.29, 1.82) is 0 Å². The fourth-order valence-corrected chi connectivity index (χ4v) is 1.00. The SMILES string of the molecule is NCCCC[C@H](N)C(=O)C(N)C(=O)O. The number of carbonyl (C=O) groups is 2. The molecule has 82 valence electrons. The second-order valence-electron chi connectivity index (χ2n) is 3.11. The van der Waals surface area contributed by atoms with E-state index in [2.05, 4.69) is 0 Å². The van der Waals surface area contributed by atoms with Crippen LogP contribution in [0.4, 0.5) is 0 Å². The Balaban J connectivity index is 3.92. The molecule has 14 heavy (non-hydrogen) atoms. The molecule has 0 aliphatic rings. The average Bonchev–Trinajstić information content (AvgIpc) is 2.15. The molecular weight excluding hydrogens is 186 g/mol. The Kier molecular flexibility index (Phi) is 6.02. The average molecular weight is 203 g/mol. The van der Waals surface area contributed by atoms with E-state index in [1.54, 1.807) is 0 Å². The zero-order valence-electron chi connectivity index (χ0n) is 7.98. The topological polar surface area (TPSA) is 132 Å². The van der Waals surface area contributed by atoms with E-state index in [-0.39, 0.29) is 0 Å². The van der Waals surface area contributed by atoms with E-state index in [9.17, 15) is 9.59 Å². The van der Waals surface area contributed by atoms with Crippen molar-refractivity contribution in [3.63, 3.8) is 0 Å². The van der Waals surface area contributed by atoms with Gasteiger partial charge < -0.3 is 22.3 Å².